The normalized spacial score (nSPS) is 16.9. The van der Waals surface area contributed by atoms with Crippen molar-refractivity contribution < 1.29 is 24.3 Å². The van der Waals surface area contributed by atoms with Crippen molar-refractivity contribution in [3.05, 3.63) is 0 Å². The molecule has 5 N–H and O–H groups in total. The molecule has 9 heteroatoms. The first-order chi connectivity index (χ1) is 9.79. The molecule has 0 radical (unpaired) electrons. The van der Waals surface area contributed by atoms with Crippen LogP contribution >= 0.6 is 0 Å². The van der Waals surface area contributed by atoms with Gasteiger partial charge in [-0.15, -0.1) is 0 Å². The van der Waals surface area contributed by atoms with Crippen LogP contribution in [0.3, 0.4) is 0 Å². The first kappa shape index (κ1) is 16.7. The summed E-state index contributed by atoms with van der Waals surface area (Å²) in [6.07, 6.45) is 0.741. The van der Waals surface area contributed by atoms with Crippen LogP contribution in [0.25, 0.3) is 0 Å². The number of primary amides is 1. The van der Waals surface area contributed by atoms with Gasteiger partial charge in [0, 0.05) is 26.1 Å². The van der Waals surface area contributed by atoms with E-state index in [0.717, 1.165) is 0 Å². The fourth-order valence-electron chi connectivity index (χ4n) is 2.16. The van der Waals surface area contributed by atoms with E-state index in [-0.39, 0.29) is 11.9 Å². The average molecular weight is 300 g/mol. The van der Waals surface area contributed by atoms with Crippen LogP contribution in [-0.2, 0) is 14.4 Å². The summed E-state index contributed by atoms with van der Waals surface area (Å²) in [6.45, 7) is 2.24. The van der Waals surface area contributed by atoms with Gasteiger partial charge in [0.1, 0.15) is 6.04 Å². The molecule has 21 heavy (non-hydrogen) atoms. The van der Waals surface area contributed by atoms with Crippen molar-refractivity contribution in [2.75, 3.05) is 13.1 Å². The third kappa shape index (κ3) is 5.67. The molecule has 0 spiro atoms. The molecule has 1 unspecified atom stereocenters. The Bertz CT molecular complexity index is 431. The SMILES string of the molecule is CC(=O)NC1CCN(C(=O)NC(CC(N)=O)C(=O)O)CC1. The van der Waals surface area contributed by atoms with Gasteiger partial charge >= 0.3 is 12.0 Å². The van der Waals surface area contributed by atoms with Crippen molar-refractivity contribution in [3.63, 3.8) is 0 Å². The van der Waals surface area contributed by atoms with Gasteiger partial charge in [-0.05, 0) is 12.8 Å². The molecule has 1 rings (SSSR count). The Morgan fingerprint density at radius 3 is 2.29 bits per heavy atom. The van der Waals surface area contributed by atoms with Crippen molar-refractivity contribution in [2.45, 2.75) is 38.3 Å². The summed E-state index contributed by atoms with van der Waals surface area (Å²) in [7, 11) is 0. The highest BCUT2D eigenvalue weighted by molar-refractivity contribution is 5.87. The number of nitrogens with zero attached hydrogens (tertiary/aromatic N) is 1. The van der Waals surface area contributed by atoms with Crippen LogP contribution in [0.5, 0.6) is 0 Å². The molecule has 1 saturated heterocycles. The number of amides is 4. The molecule has 1 fully saturated rings. The first-order valence-corrected chi connectivity index (χ1v) is 6.63. The smallest absolute Gasteiger partial charge is 0.326 e. The number of carboxylic acid groups (broad SMARTS) is 1. The topological polar surface area (TPSA) is 142 Å². The number of carbonyl (C=O) groups excluding carboxylic acids is 3. The van der Waals surface area contributed by atoms with Crippen LogP contribution in [0.1, 0.15) is 26.2 Å². The maximum Gasteiger partial charge on any atom is 0.326 e. The summed E-state index contributed by atoms with van der Waals surface area (Å²) in [4.78, 5) is 46.0. The molecule has 4 amide bonds. The lowest BCUT2D eigenvalue weighted by Gasteiger charge is -2.32. The molecule has 0 aromatic rings. The van der Waals surface area contributed by atoms with Crippen molar-refractivity contribution in [2.24, 2.45) is 5.73 Å². The van der Waals surface area contributed by atoms with E-state index in [1.807, 2.05) is 0 Å². The molecular weight excluding hydrogens is 280 g/mol. The van der Waals surface area contributed by atoms with Crippen molar-refractivity contribution in [1.82, 2.24) is 15.5 Å². The predicted octanol–water partition coefficient (Wildman–Crippen LogP) is -1.37. The standard InChI is InChI=1S/C12H20N4O5/c1-7(17)14-8-2-4-16(5-3-8)12(21)15-9(11(19)20)6-10(13)18/h8-9H,2-6H2,1H3,(H2,13,18)(H,14,17)(H,15,21)(H,19,20). The molecule has 1 atom stereocenters. The lowest BCUT2D eigenvalue weighted by molar-refractivity contribution is -0.141. The number of piperidine rings is 1. The van der Waals surface area contributed by atoms with Crippen LogP contribution in [0.15, 0.2) is 0 Å². The van der Waals surface area contributed by atoms with Gasteiger partial charge < -0.3 is 26.4 Å². The summed E-state index contributed by atoms with van der Waals surface area (Å²) in [5.74, 6) is -2.23. The molecule has 9 nitrogen and oxygen atoms in total. The van der Waals surface area contributed by atoms with Crippen LogP contribution in [0.4, 0.5) is 4.79 Å². The van der Waals surface area contributed by atoms with Gasteiger partial charge in [-0.25, -0.2) is 9.59 Å². The molecule has 0 bridgehead atoms. The maximum atomic E-state index is 11.9. The van der Waals surface area contributed by atoms with Gasteiger partial charge in [-0.3, -0.25) is 9.59 Å². The van der Waals surface area contributed by atoms with Crippen molar-refractivity contribution in [1.29, 1.82) is 0 Å². The minimum absolute atomic E-state index is 0.0208. The molecule has 0 saturated carbocycles. The van der Waals surface area contributed by atoms with E-state index >= 15 is 0 Å². The average Bonchev–Trinajstić information content (AvgIpc) is 2.37. The Morgan fingerprint density at radius 1 is 1.29 bits per heavy atom. The quantitative estimate of drug-likeness (QED) is 0.495. The number of likely N-dealkylation sites (tertiary alicyclic amines) is 1. The number of hydrogen-bond donors (Lipinski definition) is 4. The fourth-order valence-corrected chi connectivity index (χ4v) is 2.16. The monoisotopic (exact) mass is 300 g/mol. The van der Waals surface area contributed by atoms with E-state index in [9.17, 15) is 19.2 Å². The van der Waals surface area contributed by atoms with Crippen molar-refractivity contribution in [3.8, 4) is 0 Å². The molecule has 118 valence electrons. The number of rotatable bonds is 5. The number of carboxylic acids is 1. The number of nitrogens with one attached hydrogen (secondary N) is 2. The third-order valence-corrected chi connectivity index (χ3v) is 3.19. The van der Waals surface area contributed by atoms with Gasteiger partial charge in [-0.1, -0.05) is 0 Å². The number of hydrogen-bond acceptors (Lipinski definition) is 4. The predicted molar refractivity (Wildman–Crippen MR) is 72.2 cm³/mol. The van der Waals surface area contributed by atoms with Gasteiger partial charge in [0.15, 0.2) is 0 Å². The number of carbonyl (C=O) groups is 4. The lowest BCUT2D eigenvalue weighted by Crippen LogP contribution is -2.53. The summed E-state index contributed by atoms with van der Waals surface area (Å²) in [5.41, 5.74) is 4.94. The molecule has 0 aromatic heterocycles. The Hall–Kier alpha value is -2.32. The molecular formula is C12H20N4O5. The highest BCUT2D eigenvalue weighted by Gasteiger charge is 2.27. The lowest BCUT2D eigenvalue weighted by atomic mass is 10.1. The third-order valence-electron chi connectivity index (χ3n) is 3.19. The number of nitrogens with two attached hydrogens (primary N) is 1. The van der Waals surface area contributed by atoms with Gasteiger partial charge in [0.25, 0.3) is 0 Å². The largest absolute Gasteiger partial charge is 0.480 e. The first-order valence-electron chi connectivity index (χ1n) is 6.63. The van der Waals surface area contributed by atoms with Crippen LogP contribution in [-0.4, -0.2) is 59.0 Å². The van der Waals surface area contributed by atoms with E-state index < -0.39 is 30.4 Å². The van der Waals surface area contributed by atoms with Gasteiger partial charge in [0.2, 0.25) is 11.8 Å². The second-order valence-corrected chi connectivity index (χ2v) is 4.97. The van der Waals surface area contributed by atoms with E-state index in [2.05, 4.69) is 10.6 Å². The summed E-state index contributed by atoms with van der Waals surface area (Å²) >= 11 is 0. The number of urea groups is 1. The Labute approximate surface area is 121 Å². The molecule has 1 aliphatic rings. The highest BCUT2D eigenvalue weighted by Crippen LogP contribution is 2.10. The zero-order chi connectivity index (χ0) is 16.0. The fraction of sp³-hybridized carbons (Fsp3) is 0.667. The van der Waals surface area contributed by atoms with Crippen LogP contribution in [0.2, 0.25) is 0 Å². The zero-order valence-corrected chi connectivity index (χ0v) is 11.8. The van der Waals surface area contributed by atoms with E-state index in [0.29, 0.717) is 25.9 Å². The molecule has 0 aliphatic carbocycles. The Balaban J connectivity index is 2.47. The minimum atomic E-state index is -1.33. The van der Waals surface area contributed by atoms with Crippen LogP contribution in [0, 0.1) is 0 Å². The molecule has 1 aliphatic heterocycles. The molecule has 0 aromatic carbocycles. The van der Waals surface area contributed by atoms with E-state index in [1.54, 1.807) is 0 Å². The van der Waals surface area contributed by atoms with E-state index in [1.165, 1.54) is 11.8 Å². The minimum Gasteiger partial charge on any atom is -0.480 e. The highest BCUT2D eigenvalue weighted by atomic mass is 16.4. The maximum absolute atomic E-state index is 11.9. The van der Waals surface area contributed by atoms with E-state index in [4.69, 9.17) is 10.8 Å². The summed E-state index contributed by atoms with van der Waals surface area (Å²) in [5, 5.41) is 14.0. The number of aliphatic carboxylic acids is 1. The summed E-state index contributed by atoms with van der Waals surface area (Å²) < 4.78 is 0. The second kappa shape index (κ2) is 7.46. The zero-order valence-electron chi connectivity index (χ0n) is 11.8. The van der Waals surface area contributed by atoms with Gasteiger partial charge in [0.05, 0.1) is 6.42 Å². The van der Waals surface area contributed by atoms with Crippen LogP contribution < -0.4 is 16.4 Å². The second-order valence-electron chi connectivity index (χ2n) is 4.97. The van der Waals surface area contributed by atoms with Gasteiger partial charge in [-0.2, -0.15) is 0 Å². The molecule has 1 heterocycles. The van der Waals surface area contributed by atoms with Crippen molar-refractivity contribution >= 4 is 23.8 Å². The Morgan fingerprint density at radius 2 is 1.86 bits per heavy atom. The Kier molecular flexibility index (Phi) is 5.94. The summed E-state index contributed by atoms with van der Waals surface area (Å²) in [6, 6.07) is -1.86.